The number of hydrogen-bond acceptors (Lipinski definition) is 3. The number of piperidine rings is 1. The van der Waals surface area contributed by atoms with Crippen molar-refractivity contribution in [2.75, 3.05) is 26.2 Å². The summed E-state index contributed by atoms with van der Waals surface area (Å²) < 4.78 is 18.6. The summed E-state index contributed by atoms with van der Waals surface area (Å²) in [7, 11) is 0. The van der Waals surface area contributed by atoms with Crippen molar-refractivity contribution in [3.8, 4) is 5.75 Å². The summed E-state index contributed by atoms with van der Waals surface area (Å²) in [6.07, 6.45) is 3.82. The zero-order chi connectivity index (χ0) is 14.9. The summed E-state index contributed by atoms with van der Waals surface area (Å²) in [5.41, 5.74) is 0. The smallest absolute Gasteiger partial charge is 0.220 e. The summed E-state index contributed by atoms with van der Waals surface area (Å²) in [6, 6.07) is 6.27. The molecule has 1 aromatic rings. The van der Waals surface area contributed by atoms with Gasteiger partial charge in [0, 0.05) is 6.42 Å². The molecule has 22 heavy (non-hydrogen) atoms. The summed E-state index contributed by atoms with van der Waals surface area (Å²) >= 11 is 0. The maximum absolute atomic E-state index is 13.3. The third-order valence-corrected chi connectivity index (χ3v) is 3.76. The number of nitrogens with one attached hydrogen (secondary N) is 2. The maximum atomic E-state index is 13.3. The fraction of sp³-hybridized carbons (Fsp3) is 0.562. The van der Waals surface area contributed by atoms with E-state index in [9.17, 15) is 9.18 Å². The van der Waals surface area contributed by atoms with Crippen molar-refractivity contribution in [2.45, 2.75) is 25.7 Å². The molecular formula is C16H24ClFN2O2. The zero-order valence-electron chi connectivity index (χ0n) is 12.6. The highest BCUT2D eigenvalue weighted by Crippen LogP contribution is 2.17. The van der Waals surface area contributed by atoms with Crippen LogP contribution in [0, 0.1) is 11.7 Å². The molecule has 0 atom stereocenters. The molecule has 1 aromatic carbocycles. The molecule has 1 heterocycles. The third-order valence-electron chi connectivity index (χ3n) is 3.76. The lowest BCUT2D eigenvalue weighted by Crippen LogP contribution is -2.30. The van der Waals surface area contributed by atoms with Crippen molar-refractivity contribution < 1.29 is 13.9 Å². The van der Waals surface area contributed by atoms with Crippen molar-refractivity contribution in [3.63, 3.8) is 0 Å². The molecule has 6 heteroatoms. The van der Waals surface area contributed by atoms with Gasteiger partial charge in [-0.15, -0.1) is 12.4 Å². The van der Waals surface area contributed by atoms with Gasteiger partial charge in [-0.25, -0.2) is 4.39 Å². The summed E-state index contributed by atoms with van der Waals surface area (Å²) in [6.45, 7) is 2.80. The molecule has 1 saturated heterocycles. The predicted molar refractivity (Wildman–Crippen MR) is 87.0 cm³/mol. The Balaban J connectivity index is 0.00000242. The van der Waals surface area contributed by atoms with Crippen LogP contribution in [-0.2, 0) is 4.79 Å². The van der Waals surface area contributed by atoms with E-state index in [1.165, 1.54) is 6.07 Å². The van der Waals surface area contributed by atoms with Gasteiger partial charge in [0.2, 0.25) is 5.91 Å². The molecule has 1 aliphatic heterocycles. The van der Waals surface area contributed by atoms with Crippen LogP contribution in [0.5, 0.6) is 5.75 Å². The highest BCUT2D eigenvalue weighted by Gasteiger charge is 2.14. The van der Waals surface area contributed by atoms with Crippen molar-refractivity contribution in [1.82, 2.24) is 10.6 Å². The SMILES string of the molecule is Cl.O=C(CCC1CCNCC1)NCCOc1ccccc1F. The Morgan fingerprint density at radius 2 is 2.05 bits per heavy atom. The Morgan fingerprint density at radius 1 is 1.32 bits per heavy atom. The topological polar surface area (TPSA) is 50.4 Å². The average Bonchev–Trinajstić information content (AvgIpc) is 2.52. The molecule has 1 fully saturated rings. The Labute approximate surface area is 137 Å². The molecule has 0 spiro atoms. The number of carbonyl (C=O) groups excluding carboxylic acids is 1. The van der Waals surface area contributed by atoms with Crippen LogP contribution in [-0.4, -0.2) is 32.1 Å². The van der Waals surface area contributed by atoms with Gasteiger partial charge < -0.3 is 15.4 Å². The molecule has 0 radical (unpaired) electrons. The first-order valence-electron chi connectivity index (χ1n) is 7.60. The number of halogens is 2. The van der Waals surface area contributed by atoms with E-state index < -0.39 is 0 Å². The number of para-hydroxylation sites is 1. The van der Waals surface area contributed by atoms with Crippen molar-refractivity contribution in [2.24, 2.45) is 5.92 Å². The van der Waals surface area contributed by atoms with E-state index >= 15 is 0 Å². The van der Waals surface area contributed by atoms with Crippen LogP contribution in [0.25, 0.3) is 0 Å². The van der Waals surface area contributed by atoms with Crippen molar-refractivity contribution in [1.29, 1.82) is 0 Å². The van der Waals surface area contributed by atoms with Crippen LogP contribution in [0.4, 0.5) is 4.39 Å². The first kappa shape index (κ1) is 18.7. The van der Waals surface area contributed by atoms with E-state index in [-0.39, 0.29) is 36.5 Å². The van der Waals surface area contributed by atoms with Crippen LogP contribution in [0.1, 0.15) is 25.7 Å². The molecular weight excluding hydrogens is 307 g/mol. The fourth-order valence-corrected chi connectivity index (χ4v) is 2.51. The van der Waals surface area contributed by atoms with Gasteiger partial charge >= 0.3 is 0 Å². The van der Waals surface area contributed by atoms with Crippen molar-refractivity contribution >= 4 is 18.3 Å². The van der Waals surface area contributed by atoms with Gasteiger partial charge in [0.05, 0.1) is 6.54 Å². The lowest BCUT2D eigenvalue weighted by Gasteiger charge is -2.22. The van der Waals surface area contributed by atoms with Crippen LogP contribution < -0.4 is 15.4 Å². The molecule has 124 valence electrons. The summed E-state index contributed by atoms with van der Waals surface area (Å²) in [5, 5.41) is 6.13. The fourth-order valence-electron chi connectivity index (χ4n) is 2.51. The van der Waals surface area contributed by atoms with Crippen molar-refractivity contribution in [3.05, 3.63) is 30.1 Å². The van der Waals surface area contributed by atoms with Gasteiger partial charge in [0.15, 0.2) is 11.6 Å². The van der Waals surface area contributed by atoms with Gasteiger partial charge in [-0.2, -0.15) is 0 Å². The number of hydrogen-bond donors (Lipinski definition) is 2. The summed E-state index contributed by atoms with van der Waals surface area (Å²) in [4.78, 5) is 11.7. The number of rotatable bonds is 7. The highest BCUT2D eigenvalue weighted by atomic mass is 35.5. The lowest BCUT2D eigenvalue weighted by molar-refractivity contribution is -0.121. The molecule has 0 aromatic heterocycles. The molecule has 0 saturated carbocycles. The average molecular weight is 331 g/mol. The molecule has 2 rings (SSSR count). The number of benzene rings is 1. The monoisotopic (exact) mass is 330 g/mol. The van der Waals surface area contributed by atoms with E-state index in [2.05, 4.69) is 10.6 Å². The van der Waals surface area contributed by atoms with E-state index in [0.717, 1.165) is 32.4 Å². The minimum atomic E-state index is -0.380. The quantitative estimate of drug-likeness (QED) is 0.755. The number of carbonyl (C=O) groups is 1. The second-order valence-electron chi connectivity index (χ2n) is 5.36. The van der Waals surface area contributed by atoms with Gasteiger partial charge in [-0.3, -0.25) is 4.79 Å². The molecule has 4 nitrogen and oxygen atoms in total. The molecule has 1 aliphatic rings. The normalized spacial score (nSPS) is 15.0. The predicted octanol–water partition coefficient (Wildman–Crippen LogP) is 2.52. The number of ether oxygens (including phenoxy) is 1. The first-order chi connectivity index (χ1) is 10.3. The third kappa shape index (κ3) is 6.62. The second-order valence-corrected chi connectivity index (χ2v) is 5.36. The molecule has 1 amide bonds. The van der Waals surface area contributed by atoms with Crippen LogP contribution in [0.15, 0.2) is 24.3 Å². The Kier molecular flexibility index (Phi) is 8.85. The second kappa shape index (κ2) is 10.4. The molecule has 0 aliphatic carbocycles. The molecule has 0 bridgehead atoms. The van der Waals surface area contributed by atoms with E-state index in [4.69, 9.17) is 4.74 Å². The van der Waals surface area contributed by atoms with Gasteiger partial charge in [-0.05, 0) is 50.4 Å². The molecule has 2 N–H and O–H groups in total. The van der Waals surface area contributed by atoms with E-state index in [0.29, 0.717) is 18.9 Å². The van der Waals surface area contributed by atoms with Gasteiger partial charge in [-0.1, -0.05) is 12.1 Å². The standard InChI is InChI=1S/C16H23FN2O2.ClH/c17-14-3-1-2-4-15(14)21-12-11-19-16(20)6-5-13-7-9-18-10-8-13;/h1-4,13,18H,5-12H2,(H,19,20);1H. The Morgan fingerprint density at radius 3 is 2.77 bits per heavy atom. The highest BCUT2D eigenvalue weighted by molar-refractivity contribution is 5.85. The van der Waals surface area contributed by atoms with Crippen LogP contribution in [0.3, 0.4) is 0 Å². The van der Waals surface area contributed by atoms with E-state index in [1.807, 2.05) is 0 Å². The van der Waals surface area contributed by atoms with Gasteiger partial charge in [0.25, 0.3) is 0 Å². The van der Waals surface area contributed by atoms with Gasteiger partial charge in [0.1, 0.15) is 6.61 Å². The minimum absolute atomic E-state index is 0. The Bertz CT molecular complexity index is 454. The maximum Gasteiger partial charge on any atom is 0.220 e. The molecule has 0 unspecified atom stereocenters. The van der Waals surface area contributed by atoms with Crippen LogP contribution >= 0.6 is 12.4 Å². The first-order valence-corrected chi connectivity index (χ1v) is 7.60. The Hall–Kier alpha value is -1.33. The summed E-state index contributed by atoms with van der Waals surface area (Å²) in [5.74, 6) is 0.550. The zero-order valence-corrected chi connectivity index (χ0v) is 13.5. The minimum Gasteiger partial charge on any atom is -0.489 e. The van der Waals surface area contributed by atoms with Crippen LogP contribution in [0.2, 0.25) is 0 Å². The lowest BCUT2D eigenvalue weighted by atomic mass is 9.93. The number of amides is 1. The van der Waals surface area contributed by atoms with E-state index in [1.54, 1.807) is 18.2 Å². The largest absolute Gasteiger partial charge is 0.489 e.